The number of hydrogen-bond acceptors (Lipinski definition) is 5. The molecule has 1 saturated heterocycles. The Morgan fingerprint density at radius 3 is 3.10 bits per heavy atom. The molecule has 21 heavy (non-hydrogen) atoms. The minimum absolute atomic E-state index is 0.000556. The van der Waals surface area contributed by atoms with Gasteiger partial charge in [-0.2, -0.15) is 0 Å². The molecule has 6 heteroatoms. The van der Waals surface area contributed by atoms with Crippen molar-refractivity contribution in [2.24, 2.45) is 5.92 Å². The fourth-order valence-corrected chi connectivity index (χ4v) is 2.64. The van der Waals surface area contributed by atoms with Crippen LogP contribution < -0.4 is 0 Å². The highest BCUT2D eigenvalue weighted by atomic mass is 16.5. The molecule has 0 aromatic carbocycles. The van der Waals surface area contributed by atoms with Gasteiger partial charge in [-0.3, -0.25) is 4.79 Å². The summed E-state index contributed by atoms with van der Waals surface area (Å²) in [5.41, 5.74) is 1.80. The quantitative estimate of drug-likeness (QED) is 0.861. The Hall–Kier alpha value is -1.95. The molecule has 0 saturated carbocycles. The van der Waals surface area contributed by atoms with E-state index in [2.05, 4.69) is 10.1 Å². The highest BCUT2D eigenvalue weighted by molar-refractivity contribution is 5.97. The topological polar surface area (TPSA) is 68.5 Å². The van der Waals surface area contributed by atoms with Crippen molar-refractivity contribution in [1.29, 1.82) is 0 Å². The van der Waals surface area contributed by atoms with E-state index in [9.17, 15) is 4.79 Å². The van der Waals surface area contributed by atoms with Crippen LogP contribution >= 0.6 is 0 Å². The zero-order chi connectivity index (χ0) is 14.8. The molecule has 2 aromatic heterocycles. The summed E-state index contributed by atoms with van der Waals surface area (Å²) in [6, 6.07) is 1.81. The molecule has 6 nitrogen and oxygen atoms in total. The average Bonchev–Trinajstić information content (AvgIpc) is 3.14. The van der Waals surface area contributed by atoms with Crippen molar-refractivity contribution in [3.8, 4) is 0 Å². The van der Waals surface area contributed by atoms with Crippen molar-refractivity contribution in [3.05, 3.63) is 23.5 Å². The number of carbonyl (C=O) groups is 1. The third-order valence-electron chi connectivity index (χ3n) is 3.93. The average molecular weight is 289 g/mol. The first-order chi connectivity index (χ1) is 10.2. The fourth-order valence-electron chi connectivity index (χ4n) is 2.64. The summed E-state index contributed by atoms with van der Waals surface area (Å²) in [5.74, 6) is 0.433. The number of pyridine rings is 1. The number of aryl methyl sites for hydroxylation is 1. The molecule has 3 heterocycles. The Morgan fingerprint density at radius 1 is 1.52 bits per heavy atom. The summed E-state index contributed by atoms with van der Waals surface area (Å²) in [4.78, 5) is 18.7. The van der Waals surface area contributed by atoms with E-state index in [1.165, 1.54) is 0 Å². The molecule has 1 atom stereocenters. The van der Waals surface area contributed by atoms with Gasteiger partial charge in [0.15, 0.2) is 0 Å². The van der Waals surface area contributed by atoms with Crippen LogP contribution in [0, 0.1) is 12.8 Å². The van der Waals surface area contributed by atoms with Crippen molar-refractivity contribution in [2.45, 2.75) is 20.3 Å². The van der Waals surface area contributed by atoms with Crippen molar-refractivity contribution in [2.75, 3.05) is 26.3 Å². The Balaban J connectivity index is 1.81. The van der Waals surface area contributed by atoms with Crippen LogP contribution in [0.3, 0.4) is 0 Å². The predicted octanol–water partition coefficient (Wildman–Crippen LogP) is 2.03. The second kappa shape index (κ2) is 5.81. The van der Waals surface area contributed by atoms with Gasteiger partial charge in [-0.1, -0.05) is 5.16 Å². The maximum atomic E-state index is 12.6. The zero-order valence-corrected chi connectivity index (χ0v) is 12.3. The lowest BCUT2D eigenvalue weighted by Gasteiger charge is -2.23. The Morgan fingerprint density at radius 2 is 2.38 bits per heavy atom. The highest BCUT2D eigenvalue weighted by Crippen LogP contribution is 2.19. The molecule has 112 valence electrons. The number of amides is 1. The maximum absolute atomic E-state index is 12.6. The lowest BCUT2D eigenvalue weighted by atomic mass is 10.1. The number of hydrogen-bond donors (Lipinski definition) is 0. The normalized spacial score (nSPS) is 18.3. The Labute approximate surface area is 123 Å². The van der Waals surface area contributed by atoms with Gasteiger partial charge in [-0.15, -0.1) is 0 Å². The van der Waals surface area contributed by atoms with Crippen molar-refractivity contribution in [3.63, 3.8) is 0 Å². The van der Waals surface area contributed by atoms with Crippen molar-refractivity contribution >= 4 is 17.0 Å². The van der Waals surface area contributed by atoms with Gasteiger partial charge in [0.2, 0.25) is 0 Å². The minimum Gasteiger partial charge on any atom is -0.381 e. The summed E-state index contributed by atoms with van der Waals surface area (Å²) >= 11 is 0. The first-order valence-electron chi connectivity index (χ1n) is 7.28. The molecule has 1 amide bonds. The number of nitrogens with zero attached hydrogens (tertiary/aromatic N) is 3. The fraction of sp³-hybridized carbons (Fsp3) is 0.533. The molecule has 1 aliphatic rings. The van der Waals surface area contributed by atoms with Crippen molar-refractivity contribution in [1.82, 2.24) is 15.0 Å². The molecular formula is C15H19N3O3. The van der Waals surface area contributed by atoms with Crippen LogP contribution in [0.15, 0.2) is 16.8 Å². The molecule has 0 radical (unpaired) electrons. The molecule has 0 aliphatic carbocycles. The van der Waals surface area contributed by atoms with E-state index in [0.29, 0.717) is 23.7 Å². The zero-order valence-electron chi connectivity index (χ0n) is 12.3. The maximum Gasteiger partial charge on any atom is 0.257 e. The summed E-state index contributed by atoms with van der Waals surface area (Å²) in [7, 11) is 0. The molecule has 0 N–H and O–H groups in total. The summed E-state index contributed by atoms with van der Waals surface area (Å²) in [5, 5.41) is 4.66. The van der Waals surface area contributed by atoms with Crippen LogP contribution in [-0.4, -0.2) is 47.3 Å². The molecule has 3 rings (SSSR count). The van der Waals surface area contributed by atoms with E-state index in [1.807, 2.05) is 24.8 Å². The summed E-state index contributed by atoms with van der Waals surface area (Å²) < 4.78 is 10.5. The van der Waals surface area contributed by atoms with Gasteiger partial charge in [0, 0.05) is 31.8 Å². The van der Waals surface area contributed by atoms with Gasteiger partial charge < -0.3 is 14.2 Å². The first-order valence-corrected chi connectivity index (χ1v) is 7.28. The smallest absolute Gasteiger partial charge is 0.257 e. The van der Waals surface area contributed by atoms with Crippen LogP contribution in [0.25, 0.3) is 11.1 Å². The van der Waals surface area contributed by atoms with Crippen LogP contribution in [-0.2, 0) is 4.74 Å². The van der Waals surface area contributed by atoms with Crippen LogP contribution in [0.5, 0.6) is 0 Å². The second-order valence-electron chi connectivity index (χ2n) is 5.42. The molecule has 1 aliphatic heterocycles. The van der Waals surface area contributed by atoms with Gasteiger partial charge >= 0.3 is 0 Å². The number of carbonyl (C=O) groups excluding carboxylic acids is 1. The van der Waals surface area contributed by atoms with Gasteiger partial charge in [-0.25, -0.2) is 4.98 Å². The first kappa shape index (κ1) is 14.0. The standard InChI is InChI=1S/C15H19N3O3/c1-3-18(8-11-4-5-20-9-11)15(19)12-6-13-10(2)17-21-14(13)16-7-12/h6-7,11H,3-5,8-9H2,1-2H3/t11-/m1/s1. The van der Waals surface area contributed by atoms with Gasteiger partial charge in [0.1, 0.15) is 0 Å². The van der Waals surface area contributed by atoms with E-state index in [1.54, 1.807) is 6.20 Å². The molecule has 1 fully saturated rings. The van der Waals surface area contributed by atoms with E-state index < -0.39 is 0 Å². The molecule has 0 spiro atoms. The van der Waals surface area contributed by atoms with E-state index in [4.69, 9.17) is 9.26 Å². The monoisotopic (exact) mass is 289 g/mol. The van der Waals surface area contributed by atoms with E-state index in [0.717, 1.165) is 37.3 Å². The predicted molar refractivity (Wildman–Crippen MR) is 77.0 cm³/mol. The summed E-state index contributed by atoms with van der Waals surface area (Å²) in [6.07, 6.45) is 2.58. The largest absolute Gasteiger partial charge is 0.381 e. The third-order valence-corrected chi connectivity index (χ3v) is 3.93. The second-order valence-corrected chi connectivity index (χ2v) is 5.42. The Kier molecular flexibility index (Phi) is 3.88. The van der Waals surface area contributed by atoms with Gasteiger partial charge in [0.05, 0.1) is 23.3 Å². The van der Waals surface area contributed by atoms with E-state index >= 15 is 0 Å². The lowest BCUT2D eigenvalue weighted by molar-refractivity contribution is 0.0730. The molecule has 0 bridgehead atoms. The number of ether oxygens (including phenoxy) is 1. The van der Waals surface area contributed by atoms with Crippen LogP contribution in [0.1, 0.15) is 29.4 Å². The van der Waals surface area contributed by atoms with Crippen molar-refractivity contribution < 1.29 is 14.1 Å². The van der Waals surface area contributed by atoms with Crippen LogP contribution in [0.4, 0.5) is 0 Å². The number of aromatic nitrogens is 2. The SMILES string of the molecule is CCN(C[C@H]1CCOC1)C(=O)c1cnc2onc(C)c2c1. The van der Waals surface area contributed by atoms with Gasteiger partial charge in [0.25, 0.3) is 11.6 Å². The number of fused-ring (bicyclic) bond motifs is 1. The molecule has 0 unspecified atom stereocenters. The third kappa shape index (κ3) is 2.76. The molecule has 2 aromatic rings. The highest BCUT2D eigenvalue weighted by Gasteiger charge is 2.23. The van der Waals surface area contributed by atoms with Crippen LogP contribution in [0.2, 0.25) is 0 Å². The summed E-state index contributed by atoms with van der Waals surface area (Å²) in [6.45, 7) is 6.78. The number of rotatable bonds is 4. The lowest BCUT2D eigenvalue weighted by Crippen LogP contribution is -2.35. The minimum atomic E-state index is -0.000556. The molecular weight excluding hydrogens is 270 g/mol. The van der Waals surface area contributed by atoms with E-state index in [-0.39, 0.29) is 5.91 Å². The van der Waals surface area contributed by atoms with Gasteiger partial charge in [-0.05, 0) is 26.3 Å². The Bertz CT molecular complexity index is 647.